The molecule has 1 saturated carbocycles. The molecule has 5 heteroatoms. The largest absolute Gasteiger partial charge is 0.484 e. The molecule has 0 aromatic heterocycles. The summed E-state index contributed by atoms with van der Waals surface area (Å²) < 4.78 is 18.9. The van der Waals surface area contributed by atoms with Crippen LogP contribution in [0.3, 0.4) is 0 Å². The van der Waals surface area contributed by atoms with Crippen LogP contribution in [0, 0.1) is 11.7 Å². The van der Waals surface area contributed by atoms with Gasteiger partial charge in [-0.25, -0.2) is 4.39 Å². The Morgan fingerprint density at radius 2 is 2.14 bits per heavy atom. The fourth-order valence-electron chi connectivity index (χ4n) is 1.96. The highest BCUT2D eigenvalue weighted by Gasteiger charge is 2.23. The highest BCUT2D eigenvalue weighted by molar-refractivity contribution is 5.78. The van der Waals surface area contributed by atoms with Crippen molar-refractivity contribution in [1.82, 2.24) is 10.6 Å². The molecular weight excluding hydrogens is 271 g/mol. The fourth-order valence-corrected chi connectivity index (χ4v) is 1.96. The maximum Gasteiger partial charge on any atom is 0.258 e. The molecule has 1 amide bonds. The predicted octanol–water partition coefficient (Wildman–Crippen LogP) is 2.23. The third kappa shape index (κ3) is 6.12. The summed E-state index contributed by atoms with van der Waals surface area (Å²) in [6.07, 6.45) is 2.08. The number of nitrogens with one attached hydrogen (secondary N) is 2. The van der Waals surface area contributed by atoms with Gasteiger partial charge in [0, 0.05) is 18.7 Å². The molecule has 4 nitrogen and oxygen atoms in total. The molecule has 0 spiro atoms. The van der Waals surface area contributed by atoms with Crippen molar-refractivity contribution in [2.45, 2.75) is 39.3 Å². The molecule has 21 heavy (non-hydrogen) atoms. The van der Waals surface area contributed by atoms with Gasteiger partial charge in [0.2, 0.25) is 0 Å². The minimum absolute atomic E-state index is 0.0706. The van der Waals surface area contributed by atoms with Gasteiger partial charge in [0.25, 0.3) is 5.91 Å². The standard InChI is InChI=1S/C16H23FN2O2/c1-11(2)8-18-9-12-5-13(17)7-15(6-12)21-10-16(20)19-14-3-4-14/h5-7,11,14,18H,3-4,8-10H2,1-2H3,(H,19,20). The van der Waals surface area contributed by atoms with Gasteiger partial charge in [-0.2, -0.15) is 0 Å². The first-order chi connectivity index (χ1) is 10.0. The topological polar surface area (TPSA) is 50.4 Å². The normalized spacial score (nSPS) is 14.3. The summed E-state index contributed by atoms with van der Waals surface area (Å²) in [6.45, 7) is 5.62. The van der Waals surface area contributed by atoms with Gasteiger partial charge in [-0.1, -0.05) is 13.8 Å². The smallest absolute Gasteiger partial charge is 0.258 e. The van der Waals surface area contributed by atoms with Crippen LogP contribution >= 0.6 is 0 Å². The van der Waals surface area contributed by atoms with E-state index in [0.29, 0.717) is 24.3 Å². The number of hydrogen-bond acceptors (Lipinski definition) is 3. The Morgan fingerprint density at radius 1 is 1.38 bits per heavy atom. The summed E-state index contributed by atoms with van der Waals surface area (Å²) >= 11 is 0. The molecule has 2 N–H and O–H groups in total. The number of carbonyl (C=O) groups excluding carboxylic acids is 1. The summed E-state index contributed by atoms with van der Waals surface area (Å²) in [5.74, 6) is 0.431. The minimum Gasteiger partial charge on any atom is -0.484 e. The second kappa shape index (κ2) is 7.41. The van der Waals surface area contributed by atoms with Crippen molar-refractivity contribution in [3.8, 4) is 5.75 Å². The second-order valence-electron chi connectivity index (χ2n) is 5.95. The Morgan fingerprint density at radius 3 is 2.81 bits per heavy atom. The highest BCUT2D eigenvalue weighted by Crippen LogP contribution is 2.19. The summed E-state index contributed by atoms with van der Waals surface area (Å²) in [5, 5.41) is 6.08. The van der Waals surface area contributed by atoms with Crippen LogP contribution in [0.2, 0.25) is 0 Å². The number of halogens is 1. The zero-order valence-corrected chi connectivity index (χ0v) is 12.6. The average Bonchev–Trinajstić information content (AvgIpc) is 3.19. The van der Waals surface area contributed by atoms with Crippen LogP contribution in [0.25, 0.3) is 0 Å². The molecular formula is C16H23FN2O2. The Balaban J connectivity index is 1.83. The summed E-state index contributed by atoms with van der Waals surface area (Å²) in [4.78, 5) is 11.5. The zero-order chi connectivity index (χ0) is 15.2. The molecule has 0 aliphatic heterocycles. The molecule has 0 saturated heterocycles. The number of amides is 1. The first-order valence-corrected chi connectivity index (χ1v) is 7.45. The fraction of sp³-hybridized carbons (Fsp3) is 0.562. The van der Waals surface area contributed by atoms with Crippen molar-refractivity contribution in [3.63, 3.8) is 0 Å². The van der Waals surface area contributed by atoms with E-state index in [1.165, 1.54) is 12.1 Å². The van der Waals surface area contributed by atoms with Crippen molar-refractivity contribution >= 4 is 5.91 Å². The summed E-state index contributed by atoms with van der Waals surface area (Å²) in [5.41, 5.74) is 0.813. The number of benzene rings is 1. The minimum atomic E-state index is -0.351. The van der Waals surface area contributed by atoms with E-state index >= 15 is 0 Å². The number of ether oxygens (including phenoxy) is 1. The first-order valence-electron chi connectivity index (χ1n) is 7.45. The van der Waals surface area contributed by atoms with Gasteiger partial charge < -0.3 is 15.4 Å². The van der Waals surface area contributed by atoms with Gasteiger partial charge in [0.05, 0.1) is 0 Å². The molecule has 1 aromatic carbocycles. The lowest BCUT2D eigenvalue weighted by atomic mass is 10.2. The van der Waals surface area contributed by atoms with Crippen LogP contribution in [0.5, 0.6) is 5.75 Å². The monoisotopic (exact) mass is 294 g/mol. The van der Waals surface area contributed by atoms with Crippen LogP contribution in [-0.2, 0) is 11.3 Å². The van der Waals surface area contributed by atoms with Gasteiger partial charge in [-0.15, -0.1) is 0 Å². The predicted molar refractivity (Wildman–Crippen MR) is 79.6 cm³/mol. The first kappa shape index (κ1) is 15.8. The van der Waals surface area contributed by atoms with Gasteiger partial charge >= 0.3 is 0 Å². The molecule has 1 fully saturated rings. The Labute approximate surface area is 125 Å². The molecule has 0 unspecified atom stereocenters. The summed E-state index contributed by atoms with van der Waals surface area (Å²) in [7, 11) is 0. The van der Waals surface area contributed by atoms with Gasteiger partial charge in [0.15, 0.2) is 6.61 Å². The molecule has 1 aliphatic rings. The maximum atomic E-state index is 13.5. The lowest BCUT2D eigenvalue weighted by Crippen LogP contribution is -2.30. The molecule has 0 bridgehead atoms. The van der Waals surface area contributed by atoms with Crippen molar-refractivity contribution < 1.29 is 13.9 Å². The molecule has 2 rings (SSSR count). The van der Waals surface area contributed by atoms with Crippen molar-refractivity contribution in [1.29, 1.82) is 0 Å². The van der Waals surface area contributed by atoms with Gasteiger partial charge in [-0.05, 0) is 43.0 Å². The molecule has 116 valence electrons. The second-order valence-corrected chi connectivity index (χ2v) is 5.95. The summed E-state index contributed by atoms with van der Waals surface area (Å²) in [6, 6.07) is 4.85. The molecule has 0 radical (unpaired) electrons. The van der Waals surface area contributed by atoms with E-state index in [9.17, 15) is 9.18 Å². The van der Waals surface area contributed by atoms with E-state index in [1.54, 1.807) is 6.07 Å². The van der Waals surface area contributed by atoms with Crippen LogP contribution in [0.15, 0.2) is 18.2 Å². The lowest BCUT2D eigenvalue weighted by molar-refractivity contribution is -0.123. The number of hydrogen-bond donors (Lipinski definition) is 2. The molecule has 1 aromatic rings. The number of rotatable bonds is 8. The Kier molecular flexibility index (Phi) is 5.56. The van der Waals surface area contributed by atoms with Crippen molar-refractivity contribution in [3.05, 3.63) is 29.6 Å². The van der Waals surface area contributed by atoms with Crippen molar-refractivity contribution in [2.24, 2.45) is 5.92 Å². The van der Waals surface area contributed by atoms with E-state index in [0.717, 1.165) is 24.9 Å². The molecule has 0 heterocycles. The van der Waals surface area contributed by atoms with E-state index in [1.807, 2.05) is 0 Å². The van der Waals surface area contributed by atoms with E-state index in [-0.39, 0.29) is 18.3 Å². The van der Waals surface area contributed by atoms with Crippen LogP contribution in [0.1, 0.15) is 32.3 Å². The van der Waals surface area contributed by atoms with Crippen molar-refractivity contribution in [2.75, 3.05) is 13.2 Å². The van der Waals surface area contributed by atoms with Crippen LogP contribution in [0.4, 0.5) is 4.39 Å². The third-order valence-electron chi connectivity index (χ3n) is 3.13. The Hall–Kier alpha value is -1.62. The Bertz CT molecular complexity index is 487. The van der Waals surface area contributed by atoms with E-state index in [4.69, 9.17) is 4.74 Å². The highest BCUT2D eigenvalue weighted by atomic mass is 19.1. The number of carbonyl (C=O) groups is 1. The lowest BCUT2D eigenvalue weighted by Gasteiger charge is -2.10. The zero-order valence-electron chi connectivity index (χ0n) is 12.6. The molecule has 0 atom stereocenters. The third-order valence-corrected chi connectivity index (χ3v) is 3.13. The average molecular weight is 294 g/mol. The molecule has 1 aliphatic carbocycles. The van der Waals surface area contributed by atoms with Gasteiger partial charge in [0.1, 0.15) is 11.6 Å². The quantitative estimate of drug-likeness (QED) is 0.773. The van der Waals surface area contributed by atoms with Gasteiger partial charge in [-0.3, -0.25) is 4.79 Å². The van der Waals surface area contributed by atoms with E-state index < -0.39 is 0 Å². The SMILES string of the molecule is CC(C)CNCc1cc(F)cc(OCC(=O)NC2CC2)c1. The van der Waals surface area contributed by atoms with E-state index in [2.05, 4.69) is 24.5 Å². The van der Waals surface area contributed by atoms with Crippen LogP contribution < -0.4 is 15.4 Å². The van der Waals surface area contributed by atoms with Crippen LogP contribution in [-0.4, -0.2) is 25.1 Å². The maximum absolute atomic E-state index is 13.5.